The number of esters is 2. The summed E-state index contributed by atoms with van der Waals surface area (Å²) in [5.41, 5.74) is -4.50. The second kappa shape index (κ2) is 27.0. The molecule has 5 heterocycles. The second-order valence-electron chi connectivity index (χ2n) is 27.0. The van der Waals surface area contributed by atoms with Crippen molar-refractivity contribution in [2.24, 2.45) is 40.4 Å². The molecule has 0 spiro atoms. The summed E-state index contributed by atoms with van der Waals surface area (Å²) in [6, 6.07) is 0. The zero-order chi connectivity index (χ0) is 61.0. The summed E-state index contributed by atoms with van der Waals surface area (Å²) in [4.78, 5) is 25.9. The number of aliphatic hydroxyl groups excluding tert-OH is 2. The summed E-state index contributed by atoms with van der Waals surface area (Å²) in [5.74, 6) is -1.23. The molecule has 31 atom stereocenters. The van der Waals surface area contributed by atoms with Crippen LogP contribution in [0.25, 0.3) is 0 Å². The second-order valence-corrected chi connectivity index (χ2v) is 27.0. The number of aliphatic hydroxyl groups is 4. The molecule has 9 rings (SSSR count). The van der Waals surface area contributed by atoms with Gasteiger partial charge in [0.05, 0.1) is 71.9 Å². The van der Waals surface area contributed by atoms with Gasteiger partial charge < -0.3 is 96.2 Å². The van der Waals surface area contributed by atoms with Crippen LogP contribution < -0.4 is 0 Å². The molecule has 0 aromatic heterocycles. The highest BCUT2D eigenvalue weighted by Gasteiger charge is 2.77. The number of fused-ring (bicyclic) bond motifs is 5. The van der Waals surface area contributed by atoms with Gasteiger partial charge in [-0.25, -0.2) is 0 Å². The van der Waals surface area contributed by atoms with Crippen LogP contribution in [0.15, 0.2) is 0 Å². The molecule has 22 heteroatoms. The summed E-state index contributed by atoms with van der Waals surface area (Å²) in [7, 11) is 6.39. The van der Waals surface area contributed by atoms with Gasteiger partial charge in [-0.1, -0.05) is 34.6 Å². The largest absolute Gasteiger partial charge is 0.462 e. The number of ether oxygens (including phenoxy) is 16. The number of methoxy groups -OCH3 is 4. The zero-order valence-electron chi connectivity index (χ0n) is 52.6. The molecule has 4 saturated carbocycles. The van der Waals surface area contributed by atoms with Gasteiger partial charge in [0.2, 0.25) is 0 Å². The predicted molar refractivity (Wildman–Crippen MR) is 298 cm³/mol. The molecule has 9 aliphatic rings. The number of carbonyl (C=O) groups excluding carboxylic acids is 2. The Morgan fingerprint density at radius 2 is 1.08 bits per heavy atom. The van der Waals surface area contributed by atoms with Crippen LogP contribution in [0.3, 0.4) is 0 Å². The van der Waals surface area contributed by atoms with Crippen molar-refractivity contribution >= 4 is 11.9 Å². The van der Waals surface area contributed by atoms with Crippen LogP contribution in [-0.4, -0.2) is 207 Å². The zero-order valence-corrected chi connectivity index (χ0v) is 52.6. The monoisotopic (exact) mass is 1200 g/mol. The maximum atomic E-state index is 13.1. The molecule has 0 amide bonds. The molecule has 0 bridgehead atoms. The summed E-state index contributed by atoms with van der Waals surface area (Å²) >= 11 is 0. The van der Waals surface area contributed by atoms with E-state index in [1.165, 1.54) is 14.0 Å². The maximum absolute atomic E-state index is 13.1. The first-order valence-corrected chi connectivity index (χ1v) is 31.6. The average molecular weight is 1200 g/mol. The molecule has 0 aromatic rings. The van der Waals surface area contributed by atoms with E-state index in [-0.39, 0.29) is 60.1 Å². The van der Waals surface area contributed by atoms with E-state index in [1.807, 2.05) is 48.5 Å². The van der Waals surface area contributed by atoms with Crippen molar-refractivity contribution in [2.75, 3.05) is 28.4 Å². The Labute approximate surface area is 497 Å². The Morgan fingerprint density at radius 3 is 1.57 bits per heavy atom. The van der Waals surface area contributed by atoms with Crippen LogP contribution in [0.1, 0.15) is 166 Å². The van der Waals surface area contributed by atoms with Crippen molar-refractivity contribution in [1.29, 1.82) is 0 Å². The van der Waals surface area contributed by atoms with Crippen molar-refractivity contribution < 1.29 is 106 Å². The van der Waals surface area contributed by atoms with E-state index in [2.05, 4.69) is 6.92 Å². The molecule has 9 fully saturated rings. The molecule has 5 saturated heterocycles. The Bertz CT molecular complexity index is 2170. The van der Waals surface area contributed by atoms with E-state index in [1.54, 1.807) is 35.2 Å². The number of carbonyl (C=O) groups is 2. The van der Waals surface area contributed by atoms with Crippen LogP contribution >= 0.6 is 0 Å². The third kappa shape index (κ3) is 12.8. The van der Waals surface area contributed by atoms with Crippen molar-refractivity contribution in [2.45, 2.75) is 313 Å². The van der Waals surface area contributed by atoms with Gasteiger partial charge in [0.1, 0.15) is 48.3 Å². The van der Waals surface area contributed by atoms with Crippen molar-refractivity contribution in [3.05, 3.63) is 0 Å². The van der Waals surface area contributed by atoms with Crippen molar-refractivity contribution in [1.82, 2.24) is 0 Å². The van der Waals surface area contributed by atoms with E-state index in [4.69, 9.17) is 75.8 Å². The van der Waals surface area contributed by atoms with E-state index in [9.17, 15) is 30.0 Å². The molecule has 4 aliphatic carbocycles. The van der Waals surface area contributed by atoms with Crippen molar-refractivity contribution in [3.63, 3.8) is 0 Å². The van der Waals surface area contributed by atoms with Gasteiger partial charge in [0.15, 0.2) is 37.7 Å². The first kappa shape index (κ1) is 66.6. The van der Waals surface area contributed by atoms with Gasteiger partial charge in [0.25, 0.3) is 0 Å². The minimum absolute atomic E-state index is 0.000515. The Kier molecular flexibility index (Phi) is 21.4. The summed E-state index contributed by atoms with van der Waals surface area (Å²) in [6.45, 7) is 20.5. The topological polar surface area (TPSA) is 263 Å². The lowest BCUT2D eigenvalue weighted by molar-refractivity contribution is -0.357. The Morgan fingerprint density at radius 1 is 0.583 bits per heavy atom. The predicted octanol–water partition coefficient (Wildman–Crippen LogP) is 5.98. The number of hydrogen-bond acceptors (Lipinski definition) is 22. The SMILES string of the molecule is CC[C@H](C)C(=O)O[C@@H](C)[C@]1(O)CC[C@]2(O)[C@@H]3CC[C@H]4C[C@@H](O[C@@H]5C[C@H](O)[C@H](O[C@H]6C[C@H](OC)[C@H](O[C@H]7C[C@@H](OC)[C@H](O[C@H]8C[C@@H](OC)[C@H](O[C@@H]9C[C@H](C)[C@@H](O)[C@H](OC)O9)[C@@H](C)O8)[C@@H](C)O7)[C@@H](C)O6)[C@@H](C)O5)CC[C@]4(C)[C@H]3C[C@@H](OC(C)=O)[C@]12C. The highest BCUT2D eigenvalue weighted by molar-refractivity contribution is 5.72. The molecule has 0 unspecified atom stereocenters. The Hall–Kier alpha value is -1.78. The van der Waals surface area contributed by atoms with Gasteiger partial charge in [-0.05, 0) is 121 Å². The summed E-state index contributed by atoms with van der Waals surface area (Å²) in [5, 5.41) is 47.9. The van der Waals surface area contributed by atoms with E-state index in [0.29, 0.717) is 44.9 Å². The lowest BCUT2D eigenvalue weighted by Crippen LogP contribution is -2.72. The van der Waals surface area contributed by atoms with Crippen molar-refractivity contribution in [3.8, 4) is 0 Å². The lowest BCUT2D eigenvalue weighted by Gasteiger charge is -2.66. The fourth-order valence-electron chi connectivity index (χ4n) is 16.9. The Balaban J connectivity index is 0.748. The smallest absolute Gasteiger partial charge is 0.309 e. The molecule has 5 aliphatic heterocycles. The molecular weight excluding hydrogens is 1100 g/mol. The van der Waals surface area contributed by atoms with Gasteiger partial charge in [0, 0.05) is 67.5 Å². The van der Waals surface area contributed by atoms with E-state index in [0.717, 1.165) is 32.1 Å². The molecule has 0 radical (unpaired) electrons. The van der Waals surface area contributed by atoms with Gasteiger partial charge in [-0.15, -0.1) is 0 Å². The molecular formula is C62H104O22. The fraction of sp³-hybridized carbons (Fsp3) is 0.968. The molecule has 4 N–H and O–H groups in total. The minimum Gasteiger partial charge on any atom is -0.462 e. The third-order valence-electron chi connectivity index (χ3n) is 22.3. The molecule has 0 aromatic carbocycles. The van der Waals surface area contributed by atoms with Crippen LogP contribution in [-0.2, 0) is 85.4 Å². The fourth-order valence-corrected chi connectivity index (χ4v) is 16.9. The standard InChI is InChI=1S/C62H104O22/c1-16-30(2)57(66)77-36(8)61(67)21-22-62(68)40-18-17-38-24-39(19-20-59(38,10)41(40)25-46(60(61,62)11)78-37(9)63)79-48-26-42(64)53(32(4)73-48)80-49-27-43(69-12)55(34(6)74-49)82-51-29-45(71-14)56(35(7)76-51)83-50-28-44(70-13)54(33(5)75-50)81-47-23-31(3)52(65)58(72-15)84-47/h30-36,38-56,58,64-65,67-68H,16-29H2,1-15H3/t30-,31-,32+,33+,34+,35+,36-,38-,39-,40+,41-,42-,43-,44+,45+,46+,47-,48+,49-,50-,51-,52+,53+,54+,55+,56+,58+,59-,60+,61+,62-/m0/s1. The maximum Gasteiger partial charge on any atom is 0.309 e. The molecule has 84 heavy (non-hydrogen) atoms. The molecule has 22 nitrogen and oxygen atoms in total. The first-order valence-electron chi connectivity index (χ1n) is 31.6. The average Bonchev–Trinajstić information content (AvgIpc) is 1.40. The highest BCUT2D eigenvalue weighted by atomic mass is 16.8. The minimum atomic E-state index is -1.63. The van der Waals surface area contributed by atoms with Gasteiger partial charge in [-0.3, -0.25) is 9.59 Å². The van der Waals surface area contributed by atoms with Gasteiger partial charge in [-0.2, -0.15) is 0 Å². The van der Waals surface area contributed by atoms with E-state index < -0.39 is 152 Å². The summed E-state index contributed by atoms with van der Waals surface area (Å²) in [6.07, 6.45) is -5.71. The lowest BCUT2D eigenvalue weighted by atomic mass is 9.42. The van der Waals surface area contributed by atoms with Crippen LogP contribution in [0, 0.1) is 40.4 Å². The quantitative estimate of drug-likeness (QED) is 0.0856. The first-order chi connectivity index (χ1) is 39.7. The summed E-state index contributed by atoms with van der Waals surface area (Å²) < 4.78 is 100. The van der Waals surface area contributed by atoms with Gasteiger partial charge >= 0.3 is 11.9 Å². The third-order valence-corrected chi connectivity index (χ3v) is 22.3. The van der Waals surface area contributed by atoms with E-state index >= 15 is 0 Å². The highest BCUT2D eigenvalue weighted by Crippen LogP contribution is 2.71. The molecule has 484 valence electrons. The van der Waals surface area contributed by atoms with Crippen LogP contribution in [0.2, 0.25) is 0 Å². The van der Waals surface area contributed by atoms with Crippen LogP contribution in [0.5, 0.6) is 0 Å². The number of rotatable bonds is 19. The van der Waals surface area contributed by atoms with Crippen LogP contribution in [0.4, 0.5) is 0 Å². The number of hydrogen-bond donors (Lipinski definition) is 4. The normalized spacial score (nSPS) is 50.5.